The van der Waals surface area contributed by atoms with Gasteiger partial charge in [0.1, 0.15) is 18.1 Å². The highest BCUT2D eigenvalue weighted by Crippen LogP contribution is 2.26. The summed E-state index contributed by atoms with van der Waals surface area (Å²) in [7, 11) is 1.59. The van der Waals surface area contributed by atoms with Gasteiger partial charge in [0.2, 0.25) is 0 Å². The van der Waals surface area contributed by atoms with Gasteiger partial charge in [-0.1, -0.05) is 31.2 Å². The zero-order valence-corrected chi connectivity index (χ0v) is 12.7. The van der Waals surface area contributed by atoms with Gasteiger partial charge in [-0.15, -0.1) is 0 Å². The molecule has 0 unspecified atom stereocenters. The van der Waals surface area contributed by atoms with Crippen LogP contribution in [0.25, 0.3) is 0 Å². The smallest absolute Gasteiger partial charge is 0.163 e. The van der Waals surface area contributed by atoms with E-state index in [9.17, 15) is 4.79 Å². The highest BCUT2D eigenvalue weighted by Gasteiger charge is 2.10. The molecular formula is C18H20O3. The number of aryl methyl sites for hydroxylation is 1. The summed E-state index contributed by atoms with van der Waals surface area (Å²) < 4.78 is 11.0. The number of hydrogen-bond acceptors (Lipinski definition) is 3. The zero-order chi connectivity index (χ0) is 15.2. The number of methoxy groups -OCH3 is 1. The molecule has 0 N–H and O–H groups in total. The SMILES string of the molecule is CCc1ccc(COc2cc(OC)ccc2C(C)=O)cc1. The first kappa shape index (κ1) is 15.1. The molecule has 0 spiro atoms. The van der Waals surface area contributed by atoms with Gasteiger partial charge in [0.05, 0.1) is 12.7 Å². The molecule has 2 aromatic rings. The number of hydrogen-bond donors (Lipinski definition) is 0. The van der Waals surface area contributed by atoms with Crippen molar-refractivity contribution in [3.8, 4) is 11.5 Å². The number of rotatable bonds is 6. The first-order chi connectivity index (χ1) is 10.1. The van der Waals surface area contributed by atoms with Crippen molar-refractivity contribution in [3.05, 3.63) is 59.2 Å². The van der Waals surface area contributed by atoms with E-state index in [0.29, 0.717) is 23.7 Å². The van der Waals surface area contributed by atoms with Crippen molar-refractivity contribution in [1.29, 1.82) is 0 Å². The molecule has 0 aliphatic carbocycles. The van der Waals surface area contributed by atoms with E-state index in [0.717, 1.165) is 12.0 Å². The Morgan fingerprint density at radius 1 is 1.05 bits per heavy atom. The predicted molar refractivity (Wildman–Crippen MR) is 83.2 cm³/mol. The third kappa shape index (κ3) is 3.85. The molecule has 0 atom stereocenters. The summed E-state index contributed by atoms with van der Waals surface area (Å²) in [6.07, 6.45) is 1.02. The molecule has 3 nitrogen and oxygen atoms in total. The fourth-order valence-electron chi connectivity index (χ4n) is 2.07. The van der Waals surface area contributed by atoms with E-state index in [4.69, 9.17) is 9.47 Å². The average molecular weight is 284 g/mol. The highest BCUT2D eigenvalue weighted by molar-refractivity contribution is 5.97. The van der Waals surface area contributed by atoms with Crippen LogP contribution in [0.5, 0.6) is 11.5 Å². The second-order valence-electron chi connectivity index (χ2n) is 4.88. The van der Waals surface area contributed by atoms with Gasteiger partial charge in [-0.2, -0.15) is 0 Å². The van der Waals surface area contributed by atoms with Gasteiger partial charge in [0.25, 0.3) is 0 Å². The molecule has 0 aromatic heterocycles. The lowest BCUT2D eigenvalue weighted by molar-refractivity contribution is 0.101. The van der Waals surface area contributed by atoms with E-state index in [1.807, 2.05) is 12.1 Å². The summed E-state index contributed by atoms with van der Waals surface area (Å²) >= 11 is 0. The Morgan fingerprint density at radius 2 is 1.71 bits per heavy atom. The van der Waals surface area contributed by atoms with Crippen molar-refractivity contribution in [2.45, 2.75) is 26.9 Å². The van der Waals surface area contributed by atoms with Gasteiger partial charge in [0, 0.05) is 6.07 Å². The van der Waals surface area contributed by atoms with Crippen LogP contribution in [0.1, 0.15) is 35.3 Å². The van der Waals surface area contributed by atoms with Gasteiger partial charge in [-0.25, -0.2) is 0 Å². The van der Waals surface area contributed by atoms with Crippen LogP contribution in [0.15, 0.2) is 42.5 Å². The Bertz CT molecular complexity index is 615. The monoisotopic (exact) mass is 284 g/mol. The maximum atomic E-state index is 11.6. The molecule has 0 fully saturated rings. The first-order valence-corrected chi connectivity index (χ1v) is 7.03. The van der Waals surface area contributed by atoms with Crippen molar-refractivity contribution in [1.82, 2.24) is 0 Å². The van der Waals surface area contributed by atoms with Gasteiger partial charge < -0.3 is 9.47 Å². The van der Waals surface area contributed by atoms with E-state index >= 15 is 0 Å². The van der Waals surface area contributed by atoms with Crippen molar-refractivity contribution in [2.75, 3.05) is 7.11 Å². The van der Waals surface area contributed by atoms with Crippen LogP contribution in [0.2, 0.25) is 0 Å². The molecule has 0 aliphatic rings. The molecule has 0 heterocycles. The fourth-order valence-corrected chi connectivity index (χ4v) is 2.07. The molecule has 3 heteroatoms. The van der Waals surface area contributed by atoms with Crippen LogP contribution < -0.4 is 9.47 Å². The first-order valence-electron chi connectivity index (χ1n) is 7.03. The Balaban J connectivity index is 2.15. The van der Waals surface area contributed by atoms with Crippen LogP contribution in [0, 0.1) is 0 Å². The van der Waals surface area contributed by atoms with Gasteiger partial charge in [0.15, 0.2) is 5.78 Å². The molecule has 0 amide bonds. The summed E-state index contributed by atoms with van der Waals surface area (Å²) in [5, 5.41) is 0. The highest BCUT2D eigenvalue weighted by atomic mass is 16.5. The van der Waals surface area contributed by atoms with Crippen molar-refractivity contribution < 1.29 is 14.3 Å². The number of carbonyl (C=O) groups excluding carboxylic acids is 1. The minimum atomic E-state index is -0.0195. The molecule has 0 saturated heterocycles. The van der Waals surface area contributed by atoms with Crippen molar-refractivity contribution in [3.63, 3.8) is 0 Å². The molecule has 0 bridgehead atoms. The summed E-state index contributed by atoms with van der Waals surface area (Å²) in [5.74, 6) is 1.21. The minimum absolute atomic E-state index is 0.0195. The van der Waals surface area contributed by atoms with E-state index in [1.54, 1.807) is 25.3 Å². The molecule has 110 valence electrons. The third-order valence-corrected chi connectivity index (χ3v) is 3.39. The molecular weight excluding hydrogens is 264 g/mol. The van der Waals surface area contributed by atoms with Gasteiger partial charge >= 0.3 is 0 Å². The standard InChI is InChI=1S/C18H20O3/c1-4-14-5-7-15(8-6-14)12-21-18-11-16(20-3)9-10-17(18)13(2)19/h5-11H,4,12H2,1-3H3. The molecule has 2 aromatic carbocycles. The number of carbonyl (C=O) groups is 1. The number of benzene rings is 2. The maximum absolute atomic E-state index is 11.6. The van der Waals surface area contributed by atoms with Crippen LogP contribution in [0.3, 0.4) is 0 Å². The number of Topliss-reactive ketones (excluding diaryl/α,β-unsaturated/α-hetero) is 1. The molecule has 0 saturated carbocycles. The Kier molecular flexibility index (Phi) is 4.99. The van der Waals surface area contributed by atoms with Crippen molar-refractivity contribution >= 4 is 5.78 Å². The van der Waals surface area contributed by atoms with E-state index < -0.39 is 0 Å². The zero-order valence-electron chi connectivity index (χ0n) is 12.7. The second kappa shape index (κ2) is 6.93. The molecule has 0 radical (unpaired) electrons. The minimum Gasteiger partial charge on any atom is -0.497 e. The summed E-state index contributed by atoms with van der Waals surface area (Å²) in [6.45, 7) is 4.09. The third-order valence-electron chi connectivity index (χ3n) is 3.39. The van der Waals surface area contributed by atoms with Crippen LogP contribution in [-0.4, -0.2) is 12.9 Å². The van der Waals surface area contributed by atoms with Gasteiger partial charge in [-0.3, -0.25) is 4.79 Å². The van der Waals surface area contributed by atoms with Crippen LogP contribution in [-0.2, 0) is 13.0 Å². The Hall–Kier alpha value is -2.29. The number of ether oxygens (including phenoxy) is 2. The molecule has 2 rings (SSSR count). The Morgan fingerprint density at radius 3 is 2.29 bits per heavy atom. The van der Waals surface area contributed by atoms with Crippen LogP contribution in [0.4, 0.5) is 0 Å². The van der Waals surface area contributed by atoms with E-state index in [2.05, 4.69) is 19.1 Å². The molecule has 21 heavy (non-hydrogen) atoms. The second-order valence-corrected chi connectivity index (χ2v) is 4.88. The van der Waals surface area contributed by atoms with Crippen molar-refractivity contribution in [2.24, 2.45) is 0 Å². The predicted octanol–water partition coefficient (Wildman–Crippen LogP) is 4.04. The topological polar surface area (TPSA) is 35.5 Å². The quantitative estimate of drug-likeness (QED) is 0.751. The van der Waals surface area contributed by atoms with E-state index in [1.165, 1.54) is 12.5 Å². The lowest BCUT2D eigenvalue weighted by atomic mass is 10.1. The Labute approximate surface area is 125 Å². The lowest BCUT2D eigenvalue weighted by Gasteiger charge is -2.11. The van der Waals surface area contributed by atoms with Crippen LogP contribution >= 0.6 is 0 Å². The van der Waals surface area contributed by atoms with E-state index in [-0.39, 0.29) is 5.78 Å². The summed E-state index contributed by atoms with van der Waals surface area (Å²) in [6, 6.07) is 13.5. The fraction of sp³-hybridized carbons (Fsp3) is 0.278. The lowest BCUT2D eigenvalue weighted by Crippen LogP contribution is -2.02. The normalized spacial score (nSPS) is 10.2. The maximum Gasteiger partial charge on any atom is 0.163 e. The number of ketones is 1. The largest absolute Gasteiger partial charge is 0.497 e. The summed E-state index contributed by atoms with van der Waals surface area (Å²) in [4.78, 5) is 11.6. The molecule has 0 aliphatic heterocycles. The average Bonchev–Trinajstić information content (AvgIpc) is 2.52. The van der Waals surface area contributed by atoms with Gasteiger partial charge in [-0.05, 0) is 36.6 Å². The summed E-state index contributed by atoms with van der Waals surface area (Å²) in [5.41, 5.74) is 2.94.